The minimum Gasteiger partial charge on any atom is -0.493 e. The lowest BCUT2D eigenvalue weighted by Gasteiger charge is -2.28. The Balaban J connectivity index is 0.000000223. The van der Waals surface area contributed by atoms with Crippen LogP contribution in [-0.2, 0) is 17.6 Å². The van der Waals surface area contributed by atoms with Gasteiger partial charge in [-0.05, 0) is 92.0 Å². The summed E-state index contributed by atoms with van der Waals surface area (Å²) in [5.74, 6) is 3.81. The van der Waals surface area contributed by atoms with E-state index in [2.05, 4.69) is 24.0 Å². The molecule has 7 heteroatoms. The summed E-state index contributed by atoms with van der Waals surface area (Å²) in [4.78, 5) is 16.3. The van der Waals surface area contributed by atoms with Gasteiger partial charge in [-0.3, -0.25) is 4.79 Å². The van der Waals surface area contributed by atoms with Gasteiger partial charge in [-0.25, -0.2) is 0 Å². The van der Waals surface area contributed by atoms with E-state index in [0.717, 1.165) is 48.6 Å². The van der Waals surface area contributed by atoms with Crippen molar-refractivity contribution in [3.63, 3.8) is 0 Å². The number of carbonyl (C=O) groups is 1. The maximum Gasteiger partial charge on any atom is 0.230 e. The Morgan fingerprint density at radius 1 is 0.886 bits per heavy atom. The van der Waals surface area contributed by atoms with E-state index in [-0.39, 0.29) is 5.91 Å². The molecular weight excluding hydrogens is 444 g/mol. The fourth-order valence-electron chi connectivity index (χ4n) is 4.40. The highest BCUT2D eigenvalue weighted by Crippen LogP contribution is 2.41. The predicted molar refractivity (Wildman–Crippen MR) is 139 cm³/mol. The number of carbonyl (C=O) groups excluding carboxylic acids is 1. The van der Waals surface area contributed by atoms with Crippen molar-refractivity contribution in [3.05, 3.63) is 52.7 Å². The second kappa shape index (κ2) is 12.0. The lowest BCUT2D eigenvalue weighted by Crippen LogP contribution is -2.29. The van der Waals surface area contributed by atoms with Crippen LogP contribution in [0, 0.1) is 0 Å². The van der Waals surface area contributed by atoms with Gasteiger partial charge < -0.3 is 28.7 Å². The number of methoxy groups -OCH3 is 4. The van der Waals surface area contributed by atoms with Crippen LogP contribution in [0.1, 0.15) is 41.5 Å². The molecule has 2 aliphatic rings. The Hall–Kier alpha value is -3.19. The zero-order chi connectivity index (χ0) is 25.5. The molecule has 0 saturated heterocycles. The molecule has 7 nitrogen and oxygen atoms in total. The van der Waals surface area contributed by atoms with Gasteiger partial charge in [-0.15, -0.1) is 0 Å². The zero-order valence-electron chi connectivity index (χ0n) is 22.0. The summed E-state index contributed by atoms with van der Waals surface area (Å²) in [6.07, 6.45) is 6.33. The van der Waals surface area contributed by atoms with Crippen molar-refractivity contribution < 1.29 is 23.7 Å². The van der Waals surface area contributed by atoms with Crippen molar-refractivity contribution in [2.24, 2.45) is 0 Å². The molecule has 1 aliphatic carbocycles. The van der Waals surface area contributed by atoms with Crippen molar-refractivity contribution in [2.45, 2.75) is 32.1 Å². The number of benzene rings is 2. The van der Waals surface area contributed by atoms with Crippen molar-refractivity contribution in [3.8, 4) is 23.0 Å². The highest BCUT2D eigenvalue weighted by molar-refractivity contribution is 5.84. The maximum atomic E-state index is 12.4. The van der Waals surface area contributed by atoms with Crippen LogP contribution in [0.2, 0.25) is 0 Å². The Bertz CT molecular complexity index is 1060. The normalized spacial score (nSPS) is 15.8. The van der Waals surface area contributed by atoms with E-state index in [9.17, 15) is 4.79 Å². The number of hydrogen-bond donors (Lipinski definition) is 0. The number of rotatable bonds is 8. The molecule has 0 N–H and O–H groups in total. The molecule has 0 radical (unpaired) electrons. The third kappa shape index (κ3) is 6.28. The first-order valence-corrected chi connectivity index (χ1v) is 11.9. The van der Waals surface area contributed by atoms with E-state index in [1.54, 1.807) is 33.3 Å². The minimum absolute atomic E-state index is 0.112. The first-order chi connectivity index (χ1) is 16.8. The van der Waals surface area contributed by atoms with Crippen molar-refractivity contribution in [1.29, 1.82) is 0 Å². The first kappa shape index (κ1) is 26.4. The summed E-state index contributed by atoms with van der Waals surface area (Å²) < 4.78 is 21.1. The van der Waals surface area contributed by atoms with Gasteiger partial charge in [0, 0.05) is 12.7 Å². The van der Waals surface area contributed by atoms with Gasteiger partial charge in [-0.2, -0.15) is 0 Å². The Labute approximate surface area is 209 Å². The van der Waals surface area contributed by atoms with E-state index in [4.69, 9.17) is 18.9 Å². The van der Waals surface area contributed by atoms with E-state index < -0.39 is 0 Å². The SMILES string of the molecule is COc1cc2c(cc1OC)C(C)C2.COc1cc2c(cc1OC)CC(=O)N(CCCN(C)C)C=C2. The predicted octanol–water partition coefficient (Wildman–Crippen LogP) is 4.37. The molecule has 2 aromatic rings. The van der Waals surface area contributed by atoms with Gasteiger partial charge in [0.05, 0.1) is 34.9 Å². The van der Waals surface area contributed by atoms with Crippen LogP contribution in [-0.4, -0.2) is 71.3 Å². The average molecular weight is 483 g/mol. The molecular formula is C28H38N2O5. The fraction of sp³-hybridized carbons (Fsp3) is 0.464. The monoisotopic (exact) mass is 482 g/mol. The summed E-state index contributed by atoms with van der Waals surface area (Å²) in [6.45, 7) is 3.93. The number of nitrogens with zero attached hydrogens (tertiary/aromatic N) is 2. The molecule has 1 aliphatic heterocycles. The molecule has 2 aromatic carbocycles. The van der Waals surface area contributed by atoms with Crippen molar-refractivity contribution in [1.82, 2.24) is 9.80 Å². The van der Waals surface area contributed by atoms with E-state index in [0.29, 0.717) is 23.8 Å². The molecule has 0 bridgehead atoms. The summed E-state index contributed by atoms with van der Waals surface area (Å²) >= 11 is 0. The average Bonchev–Trinajstić information content (AvgIpc) is 3.00. The summed E-state index contributed by atoms with van der Waals surface area (Å²) in [5, 5.41) is 0. The minimum atomic E-state index is 0.112. The Morgan fingerprint density at radius 2 is 1.46 bits per heavy atom. The lowest BCUT2D eigenvalue weighted by atomic mass is 9.78. The summed E-state index contributed by atoms with van der Waals surface area (Å²) in [6, 6.07) is 7.97. The van der Waals surface area contributed by atoms with Crippen LogP contribution in [0.3, 0.4) is 0 Å². The topological polar surface area (TPSA) is 60.5 Å². The van der Waals surface area contributed by atoms with Crippen LogP contribution in [0.15, 0.2) is 30.5 Å². The fourth-order valence-corrected chi connectivity index (χ4v) is 4.40. The standard InChI is InChI=1S/C17H24N2O3.C11H14O2/c1-18(2)7-5-8-19-9-6-13-10-15(21-3)16(22-4)11-14(13)12-17(19)20;1-7-4-8-5-10(12-2)11(13-3)6-9(7)8/h6,9-11H,5,7-8,12H2,1-4H3;5-7H,4H2,1-3H3. The van der Waals surface area contributed by atoms with Gasteiger partial charge in [0.15, 0.2) is 23.0 Å². The molecule has 0 saturated carbocycles. The van der Waals surface area contributed by atoms with Crippen LogP contribution >= 0.6 is 0 Å². The number of fused-ring (bicyclic) bond motifs is 2. The molecule has 4 rings (SSSR count). The quantitative estimate of drug-likeness (QED) is 0.557. The van der Waals surface area contributed by atoms with Crippen LogP contribution in [0.4, 0.5) is 0 Å². The first-order valence-electron chi connectivity index (χ1n) is 11.9. The highest BCUT2D eigenvalue weighted by atomic mass is 16.5. The maximum absolute atomic E-state index is 12.4. The van der Waals surface area contributed by atoms with Gasteiger partial charge in [0.1, 0.15) is 0 Å². The molecule has 1 heterocycles. The molecule has 1 unspecified atom stereocenters. The van der Waals surface area contributed by atoms with Crippen LogP contribution in [0.5, 0.6) is 23.0 Å². The number of amides is 1. The second-order valence-electron chi connectivity index (χ2n) is 9.15. The van der Waals surface area contributed by atoms with E-state index in [1.807, 2.05) is 38.5 Å². The highest BCUT2D eigenvalue weighted by Gasteiger charge is 2.24. The smallest absolute Gasteiger partial charge is 0.230 e. The molecule has 1 atom stereocenters. The third-order valence-electron chi connectivity index (χ3n) is 6.45. The van der Waals surface area contributed by atoms with Crippen molar-refractivity contribution in [2.75, 3.05) is 55.6 Å². The van der Waals surface area contributed by atoms with E-state index in [1.165, 1.54) is 11.1 Å². The van der Waals surface area contributed by atoms with Crippen LogP contribution < -0.4 is 18.9 Å². The Morgan fingerprint density at radius 3 is 2.03 bits per heavy atom. The zero-order valence-corrected chi connectivity index (χ0v) is 22.0. The third-order valence-corrected chi connectivity index (χ3v) is 6.45. The van der Waals surface area contributed by atoms with Gasteiger partial charge in [0.2, 0.25) is 5.91 Å². The number of ether oxygens (including phenoxy) is 4. The molecule has 1 amide bonds. The molecule has 0 spiro atoms. The van der Waals surface area contributed by atoms with Gasteiger partial charge in [0.25, 0.3) is 0 Å². The molecule has 190 valence electrons. The van der Waals surface area contributed by atoms with Crippen molar-refractivity contribution >= 4 is 12.0 Å². The number of hydrogen-bond acceptors (Lipinski definition) is 6. The summed E-state index contributed by atoms with van der Waals surface area (Å²) in [7, 11) is 10.6. The second-order valence-corrected chi connectivity index (χ2v) is 9.15. The summed E-state index contributed by atoms with van der Waals surface area (Å²) in [5.41, 5.74) is 4.76. The van der Waals surface area contributed by atoms with Gasteiger partial charge in [-0.1, -0.05) is 6.92 Å². The Kier molecular flexibility index (Phi) is 9.04. The van der Waals surface area contributed by atoms with Crippen LogP contribution in [0.25, 0.3) is 6.08 Å². The largest absolute Gasteiger partial charge is 0.493 e. The van der Waals surface area contributed by atoms with Gasteiger partial charge >= 0.3 is 0 Å². The lowest BCUT2D eigenvalue weighted by molar-refractivity contribution is -0.127. The molecule has 0 aromatic heterocycles. The van der Waals surface area contributed by atoms with E-state index >= 15 is 0 Å². The molecule has 0 fully saturated rings. The molecule has 35 heavy (non-hydrogen) atoms.